The monoisotopic (exact) mass is 361 g/mol. The van der Waals surface area contributed by atoms with Crippen LogP contribution in [0.2, 0.25) is 0 Å². The molecular weight excluding hydrogens is 341 g/mol. The quantitative estimate of drug-likeness (QED) is 0.735. The van der Waals surface area contributed by atoms with Crippen LogP contribution in [0.25, 0.3) is 11.1 Å². The molecule has 3 aromatic rings. The van der Waals surface area contributed by atoms with Crippen LogP contribution in [0.5, 0.6) is 0 Å². The van der Waals surface area contributed by atoms with Crippen LogP contribution in [0.15, 0.2) is 42.5 Å². The molecule has 0 bridgehead atoms. The van der Waals surface area contributed by atoms with Crippen LogP contribution in [0.4, 0.5) is 10.3 Å². The fraction of sp³-hybridized carbons (Fsp3) is 0.227. The second-order valence-electron chi connectivity index (χ2n) is 7.04. The fourth-order valence-corrected chi connectivity index (χ4v) is 3.97. The molecule has 2 aromatic carbocycles. The molecule has 0 saturated heterocycles. The van der Waals surface area contributed by atoms with Crippen molar-refractivity contribution >= 4 is 11.7 Å². The highest BCUT2D eigenvalue weighted by Gasteiger charge is 2.31. The van der Waals surface area contributed by atoms with Crippen molar-refractivity contribution < 1.29 is 9.18 Å². The fourth-order valence-electron chi connectivity index (χ4n) is 3.97. The van der Waals surface area contributed by atoms with Crippen LogP contribution in [0, 0.1) is 19.7 Å². The molecule has 0 radical (unpaired) electrons. The predicted octanol–water partition coefficient (Wildman–Crippen LogP) is 4.39. The summed E-state index contributed by atoms with van der Waals surface area (Å²) in [5.41, 5.74) is 10.6. The third-order valence-corrected chi connectivity index (χ3v) is 5.22. The molecule has 1 aliphatic rings. The number of ketones is 1. The number of carbonyl (C=O) groups is 1. The highest BCUT2D eigenvalue weighted by atomic mass is 19.1. The second kappa shape index (κ2) is 6.58. The maximum atomic E-state index is 14.8. The van der Waals surface area contributed by atoms with Gasteiger partial charge >= 0.3 is 0 Å². The molecule has 4 rings (SSSR count). The Morgan fingerprint density at radius 2 is 1.74 bits per heavy atom. The zero-order chi connectivity index (χ0) is 19.1. The summed E-state index contributed by atoms with van der Waals surface area (Å²) in [5, 5.41) is 0. The van der Waals surface area contributed by atoms with Crippen LogP contribution < -0.4 is 5.73 Å². The van der Waals surface area contributed by atoms with Crippen molar-refractivity contribution in [3.8, 4) is 11.1 Å². The summed E-state index contributed by atoms with van der Waals surface area (Å²) in [6, 6.07) is 13.1. The molecule has 0 saturated carbocycles. The largest absolute Gasteiger partial charge is 0.368 e. The first-order chi connectivity index (χ1) is 13.0. The van der Waals surface area contributed by atoms with Crippen LogP contribution in [-0.4, -0.2) is 15.8 Å². The van der Waals surface area contributed by atoms with E-state index < -0.39 is 0 Å². The summed E-state index contributed by atoms with van der Waals surface area (Å²) in [5.74, 6) is -0.110. The van der Waals surface area contributed by atoms with E-state index in [1.165, 1.54) is 0 Å². The number of carbonyl (C=O) groups excluding carboxylic acids is 1. The molecule has 1 heterocycles. The van der Waals surface area contributed by atoms with E-state index in [1.807, 2.05) is 30.3 Å². The Morgan fingerprint density at radius 3 is 2.56 bits per heavy atom. The predicted molar refractivity (Wildman–Crippen MR) is 103 cm³/mol. The number of nitrogens with zero attached hydrogens (tertiary/aromatic N) is 2. The lowest BCUT2D eigenvalue weighted by atomic mass is 9.78. The lowest BCUT2D eigenvalue weighted by molar-refractivity contribution is 0.0962. The van der Waals surface area contributed by atoms with Gasteiger partial charge in [0.25, 0.3) is 0 Å². The number of benzene rings is 2. The zero-order valence-electron chi connectivity index (χ0n) is 15.3. The van der Waals surface area contributed by atoms with Crippen molar-refractivity contribution in [1.82, 2.24) is 9.97 Å². The van der Waals surface area contributed by atoms with E-state index in [1.54, 1.807) is 26.0 Å². The number of halogens is 1. The number of fused-ring (bicyclic) bond motifs is 1. The Morgan fingerprint density at radius 1 is 1.00 bits per heavy atom. The standard InChI is InChI=1S/C22H20FN3O/c1-12-6-5-9-17(21(12)23)16-8-4-3-7-15(16)14-10-18-20(19(27)11-14)13(2)25-22(24)26-18/h3-9,14H,10-11H2,1-2H3,(H2,24,25,26). The molecule has 4 nitrogen and oxygen atoms in total. The molecule has 136 valence electrons. The molecular formula is C22H20FN3O. The second-order valence-corrected chi connectivity index (χ2v) is 7.04. The molecule has 27 heavy (non-hydrogen) atoms. The summed E-state index contributed by atoms with van der Waals surface area (Å²) in [4.78, 5) is 21.2. The topological polar surface area (TPSA) is 68.9 Å². The van der Waals surface area contributed by atoms with Crippen LogP contribution >= 0.6 is 0 Å². The molecule has 0 spiro atoms. The van der Waals surface area contributed by atoms with E-state index in [0.29, 0.717) is 40.9 Å². The van der Waals surface area contributed by atoms with Crippen LogP contribution in [0.1, 0.15) is 45.2 Å². The molecule has 1 atom stereocenters. The third-order valence-electron chi connectivity index (χ3n) is 5.22. The van der Waals surface area contributed by atoms with E-state index in [4.69, 9.17) is 5.73 Å². The van der Waals surface area contributed by atoms with Gasteiger partial charge in [-0.3, -0.25) is 4.79 Å². The van der Waals surface area contributed by atoms with Crippen LogP contribution in [0.3, 0.4) is 0 Å². The van der Waals surface area contributed by atoms with Gasteiger partial charge in [0.15, 0.2) is 5.78 Å². The summed E-state index contributed by atoms with van der Waals surface area (Å²) in [6.45, 7) is 3.54. The van der Waals surface area contributed by atoms with E-state index >= 15 is 0 Å². The maximum absolute atomic E-state index is 14.8. The minimum Gasteiger partial charge on any atom is -0.368 e. The number of nitrogens with two attached hydrogens (primary N) is 1. The van der Waals surface area contributed by atoms with Gasteiger partial charge in [0.2, 0.25) is 5.95 Å². The van der Waals surface area contributed by atoms with Crippen molar-refractivity contribution in [2.45, 2.75) is 32.6 Å². The lowest BCUT2D eigenvalue weighted by Gasteiger charge is -2.26. The molecule has 5 heteroatoms. The Kier molecular flexibility index (Phi) is 4.22. The van der Waals surface area contributed by atoms with Gasteiger partial charge in [0.05, 0.1) is 17.0 Å². The first-order valence-electron chi connectivity index (χ1n) is 8.96. The minimum absolute atomic E-state index is 0.0123. The number of aromatic nitrogens is 2. The normalized spacial score (nSPS) is 16.3. The van der Waals surface area contributed by atoms with Crippen molar-refractivity contribution in [3.05, 3.63) is 76.4 Å². The van der Waals surface area contributed by atoms with Gasteiger partial charge in [-0.15, -0.1) is 0 Å². The average molecular weight is 361 g/mol. The smallest absolute Gasteiger partial charge is 0.220 e. The molecule has 1 unspecified atom stereocenters. The molecule has 2 N–H and O–H groups in total. The summed E-state index contributed by atoms with van der Waals surface area (Å²) in [7, 11) is 0. The molecule has 0 aliphatic heterocycles. The highest BCUT2D eigenvalue weighted by Crippen LogP contribution is 2.38. The number of anilines is 1. The van der Waals surface area contributed by atoms with Crippen molar-refractivity contribution in [3.63, 3.8) is 0 Å². The maximum Gasteiger partial charge on any atom is 0.220 e. The summed E-state index contributed by atoms with van der Waals surface area (Å²) in [6.07, 6.45) is 0.935. The van der Waals surface area contributed by atoms with Gasteiger partial charge in [-0.25, -0.2) is 14.4 Å². The minimum atomic E-state index is -0.227. The van der Waals surface area contributed by atoms with Gasteiger partial charge in [-0.05, 0) is 42.9 Å². The number of rotatable bonds is 2. The van der Waals surface area contributed by atoms with E-state index in [9.17, 15) is 9.18 Å². The summed E-state index contributed by atoms with van der Waals surface area (Å²) >= 11 is 0. The number of hydrogen-bond donors (Lipinski definition) is 1. The van der Waals surface area contributed by atoms with E-state index in [0.717, 1.165) is 11.1 Å². The first kappa shape index (κ1) is 17.3. The summed E-state index contributed by atoms with van der Waals surface area (Å²) < 4.78 is 14.8. The van der Waals surface area contributed by atoms with E-state index in [-0.39, 0.29) is 23.5 Å². The van der Waals surface area contributed by atoms with Crippen molar-refractivity contribution in [1.29, 1.82) is 0 Å². The van der Waals surface area contributed by atoms with Gasteiger partial charge in [-0.2, -0.15) is 0 Å². The van der Waals surface area contributed by atoms with Gasteiger partial charge in [0, 0.05) is 12.0 Å². The van der Waals surface area contributed by atoms with Gasteiger partial charge < -0.3 is 5.73 Å². The number of aryl methyl sites for hydroxylation is 2. The SMILES string of the molecule is Cc1cccc(-c2ccccc2C2CC(=O)c3c(C)nc(N)nc3C2)c1F. The number of nitrogen functional groups attached to an aromatic ring is 1. The highest BCUT2D eigenvalue weighted by molar-refractivity contribution is 6.00. The van der Waals surface area contributed by atoms with Gasteiger partial charge in [-0.1, -0.05) is 42.5 Å². The molecule has 0 fully saturated rings. The Labute approximate surface area is 157 Å². The van der Waals surface area contributed by atoms with Crippen molar-refractivity contribution in [2.75, 3.05) is 5.73 Å². The molecule has 1 aliphatic carbocycles. The number of Topliss-reactive ketones (excluding diaryl/α,β-unsaturated/α-hetero) is 1. The molecule has 1 aromatic heterocycles. The molecule has 0 amide bonds. The number of hydrogen-bond acceptors (Lipinski definition) is 4. The van der Waals surface area contributed by atoms with E-state index in [2.05, 4.69) is 9.97 Å². The Hall–Kier alpha value is -3.08. The van der Waals surface area contributed by atoms with Gasteiger partial charge in [0.1, 0.15) is 5.82 Å². The van der Waals surface area contributed by atoms with Crippen LogP contribution in [-0.2, 0) is 6.42 Å². The third kappa shape index (κ3) is 2.99. The average Bonchev–Trinajstić information content (AvgIpc) is 2.63. The zero-order valence-corrected chi connectivity index (χ0v) is 15.3. The lowest BCUT2D eigenvalue weighted by Crippen LogP contribution is -2.23. The Bertz CT molecular complexity index is 1060. The van der Waals surface area contributed by atoms with Crippen molar-refractivity contribution in [2.24, 2.45) is 0 Å². The first-order valence-corrected chi connectivity index (χ1v) is 8.96. The Balaban J connectivity index is 1.82.